The van der Waals surface area contributed by atoms with Crippen LogP contribution in [0.2, 0.25) is 0 Å². The van der Waals surface area contributed by atoms with Gasteiger partial charge in [-0.05, 0) is 50.3 Å². The molecule has 1 aromatic carbocycles. The Labute approximate surface area is 122 Å². The van der Waals surface area contributed by atoms with E-state index in [0.29, 0.717) is 6.04 Å². The Hall–Kier alpha value is -1.77. The summed E-state index contributed by atoms with van der Waals surface area (Å²) in [7, 11) is 1.83. The second kappa shape index (κ2) is 6.60. The van der Waals surface area contributed by atoms with Crippen LogP contribution in [0, 0.1) is 20.8 Å². The van der Waals surface area contributed by atoms with Crippen molar-refractivity contribution in [2.45, 2.75) is 46.2 Å². The molecule has 0 aromatic heterocycles. The molecule has 0 amide bonds. The van der Waals surface area contributed by atoms with E-state index in [-0.39, 0.29) is 0 Å². The van der Waals surface area contributed by atoms with E-state index in [1.807, 2.05) is 7.05 Å². The summed E-state index contributed by atoms with van der Waals surface area (Å²) in [6, 6.07) is 4.96. The minimum Gasteiger partial charge on any atom is -0.353 e. The third-order valence-corrected chi connectivity index (χ3v) is 3.85. The number of nitrogens with one attached hydrogen (secondary N) is 2. The van der Waals surface area contributed by atoms with E-state index in [0.717, 1.165) is 25.3 Å². The highest BCUT2D eigenvalue weighted by Gasteiger charge is 2.12. The number of aryl methyl sites for hydroxylation is 3. The Morgan fingerprint density at radius 3 is 2.30 bits per heavy atom. The third kappa shape index (κ3) is 3.62. The molecule has 0 aliphatic heterocycles. The molecule has 1 aliphatic carbocycles. The molecule has 3 nitrogen and oxygen atoms in total. The van der Waals surface area contributed by atoms with Crippen LogP contribution in [-0.2, 0) is 6.54 Å². The third-order valence-electron chi connectivity index (χ3n) is 3.85. The van der Waals surface area contributed by atoms with Crippen LogP contribution in [0.5, 0.6) is 0 Å². The van der Waals surface area contributed by atoms with Crippen molar-refractivity contribution in [1.29, 1.82) is 0 Å². The van der Waals surface area contributed by atoms with Gasteiger partial charge in [-0.3, -0.25) is 4.99 Å². The van der Waals surface area contributed by atoms with Crippen molar-refractivity contribution < 1.29 is 0 Å². The van der Waals surface area contributed by atoms with Crippen LogP contribution in [0.15, 0.2) is 29.3 Å². The molecule has 0 fully saturated rings. The first-order valence-electron chi connectivity index (χ1n) is 7.29. The maximum Gasteiger partial charge on any atom is 0.191 e. The fourth-order valence-corrected chi connectivity index (χ4v) is 2.78. The monoisotopic (exact) mass is 271 g/mol. The highest BCUT2D eigenvalue weighted by atomic mass is 15.2. The van der Waals surface area contributed by atoms with Gasteiger partial charge in [-0.1, -0.05) is 29.8 Å². The van der Waals surface area contributed by atoms with E-state index in [1.165, 1.54) is 22.3 Å². The number of benzene rings is 1. The Balaban J connectivity index is 1.96. The van der Waals surface area contributed by atoms with Crippen LogP contribution in [0.1, 0.15) is 35.1 Å². The Kier molecular flexibility index (Phi) is 4.83. The molecule has 0 unspecified atom stereocenters. The molecule has 0 heterocycles. The van der Waals surface area contributed by atoms with Crippen molar-refractivity contribution in [2.75, 3.05) is 7.05 Å². The lowest BCUT2D eigenvalue weighted by molar-refractivity contribution is 0.632. The van der Waals surface area contributed by atoms with E-state index in [9.17, 15) is 0 Å². The quantitative estimate of drug-likeness (QED) is 0.504. The normalized spacial score (nSPS) is 15.7. The Morgan fingerprint density at radius 1 is 1.15 bits per heavy atom. The summed E-state index contributed by atoms with van der Waals surface area (Å²) < 4.78 is 0. The first kappa shape index (κ1) is 14.6. The zero-order valence-electron chi connectivity index (χ0n) is 13.0. The van der Waals surface area contributed by atoms with Crippen LogP contribution >= 0.6 is 0 Å². The molecule has 0 radical (unpaired) electrons. The van der Waals surface area contributed by atoms with Gasteiger partial charge in [0, 0.05) is 19.6 Å². The highest BCUT2D eigenvalue weighted by molar-refractivity contribution is 5.80. The molecule has 0 saturated heterocycles. The first-order valence-corrected chi connectivity index (χ1v) is 7.29. The highest BCUT2D eigenvalue weighted by Crippen LogP contribution is 2.16. The summed E-state index contributed by atoms with van der Waals surface area (Å²) in [6.45, 7) is 7.31. The van der Waals surface area contributed by atoms with Gasteiger partial charge in [-0.2, -0.15) is 0 Å². The summed E-state index contributed by atoms with van der Waals surface area (Å²) in [5.74, 6) is 0.887. The van der Waals surface area contributed by atoms with Crippen molar-refractivity contribution >= 4 is 5.96 Å². The molecular formula is C17H25N3. The van der Waals surface area contributed by atoms with Crippen LogP contribution in [0.3, 0.4) is 0 Å². The maximum atomic E-state index is 4.31. The molecule has 1 aromatic rings. The van der Waals surface area contributed by atoms with E-state index < -0.39 is 0 Å². The smallest absolute Gasteiger partial charge is 0.191 e. The molecule has 2 rings (SSSR count). The van der Waals surface area contributed by atoms with Crippen LogP contribution < -0.4 is 10.6 Å². The average Bonchev–Trinajstić information content (AvgIpc) is 2.88. The topological polar surface area (TPSA) is 36.4 Å². The average molecular weight is 271 g/mol. The number of hydrogen-bond donors (Lipinski definition) is 2. The van der Waals surface area contributed by atoms with Gasteiger partial charge in [0.15, 0.2) is 5.96 Å². The maximum absolute atomic E-state index is 4.31. The van der Waals surface area contributed by atoms with E-state index in [1.54, 1.807) is 0 Å². The fourth-order valence-electron chi connectivity index (χ4n) is 2.78. The van der Waals surface area contributed by atoms with Crippen LogP contribution in [-0.4, -0.2) is 19.0 Å². The van der Waals surface area contributed by atoms with E-state index in [2.05, 4.69) is 60.7 Å². The first-order chi connectivity index (χ1) is 9.60. The second-order valence-corrected chi connectivity index (χ2v) is 5.59. The molecule has 0 saturated carbocycles. The summed E-state index contributed by atoms with van der Waals surface area (Å²) in [4.78, 5) is 4.31. The van der Waals surface area contributed by atoms with Crippen molar-refractivity contribution in [3.63, 3.8) is 0 Å². The van der Waals surface area contributed by atoms with Crippen molar-refractivity contribution in [3.8, 4) is 0 Å². The molecule has 0 atom stereocenters. The fraction of sp³-hybridized carbons (Fsp3) is 0.471. The zero-order chi connectivity index (χ0) is 14.5. The lowest BCUT2D eigenvalue weighted by Crippen LogP contribution is -2.42. The van der Waals surface area contributed by atoms with Gasteiger partial charge in [0.1, 0.15) is 0 Å². The Morgan fingerprint density at radius 2 is 1.75 bits per heavy atom. The molecule has 3 heteroatoms. The SMILES string of the molecule is CN=C(NCc1c(C)cc(C)cc1C)NC1CC=CC1. The molecule has 108 valence electrons. The molecule has 1 aliphatic rings. The number of rotatable bonds is 3. The van der Waals surface area contributed by atoms with Crippen LogP contribution in [0.4, 0.5) is 0 Å². The van der Waals surface area contributed by atoms with Crippen molar-refractivity contribution in [2.24, 2.45) is 4.99 Å². The van der Waals surface area contributed by atoms with Crippen LogP contribution in [0.25, 0.3) is 0 Å². The minimum absolute atomic E-state index is 0.487. The van der Waals surface area contributed by atoms with Crippen molar-refractivity contribution in [3.05, 3.63) is 46.5 Å². The zero-order valence-corrected chi connectivity index (χ0v) is 13.0. The largest absolute Gasteiger partial charge is 0.353 e. The molecule has 0 spiro atoms. The number of hydrogen-bond acceptors (Lipinski definition) is 1. The predicted molar refractivity (Wildman–Crippen MR) is 86.1 cm³/mol. The number of nitrogens with zero attached hydrogens (tertiary/aromatic N) is 1. The van der Waals surface area contributed by atoms with Gasteiger partial charge in [0.2, 0.25) is 0 Å². The molecule has 0 bridgehead atoms. The lowest BCUT2D eigenvalue weighted by Gasteiger charge is -2.18. The van der Waals surface area contributed by atoms with Crippen molar-refractivity contribution in [1.82, 2.24) is 10.6 Å². The second-order valence-electron chi connectivity index (χ2n) is 5.59. The standard InChI is InChI=1S/C17H25N3/c1-12-9-13(2)16(14(3)10-12)11-19-17(18-4)20-15-7-5-6-8-15/h5-6,9-10,15H,7-8,11H2,1-4H3,(H2,18,19,20). The summed E-state index contributed by atoms with van der Waals surface area (Å²) in [5.41, 5.74) is 5.37. The molecule has 2 N–H and O–H groups in total. The summed E-state index contributed by atoms with van der Waals surface area (Å²) in [5, 5.41) is 6.89. The lowest BCUT2D eigenvalue weighted by atomic mass is 10.00. The van der Waals surface area contributed by atoms with Gasteiger partial charge in [-0.25, -0.2) is 0 Å². The van der Waals surface area contributed by atoms with E-state index >= 15 is 0 Å². The summed E-state index contributed by atoms with van der Waals surface area (Å²) >= 11 is 0. The van der Waals surface area contributed by atoms with Gasteiger partial charge >= 0.3 is 0 Å². The molecular weight excluding hydrogens is 246 g/mol. The van der Waals surface area contributed by atoms with E-state index in [4.69, 9.17) is 0 Å². The predicted octanol–water partition coefficient (Wildman–Crippen LogP) is 3.00. The molecule has 20 heavy (non-hydrogen) atoms. The number of aliphatic imine (C=N–C) groups is 1. The Bertz CT molecular complexity index is 498. The van der Waals surface area contributed by atoms with Gasteiger partial charge in [0.25, 0.3) is 0 Å². The van der Waals surface area contributed by atoms with Gasteiger partial charge in [-0.15, -0.1) is 0 Å². The van der Waals surface area contributed by atoms with Gasteiger partial charge < -0.3 is 10.6 Å². The minimum atomic E-state index is 0.487. The summed E-state index contributed by atoms with van der Waals surface area (Å²) in [6.07, 6.45) is 6.62. The van der Waals surface area contributed by atoms with Gasteiger partial charge in [0.05, 0.1) is 0 Å². The number of guanidine groups is 1.